The molecule has 0 bridgehead atoms. The minimum absolute atomic E-state index is 0.0104. The second-order valence-corrected chi connectivity index (χ2v) is 6.62. The summed E-state index contributed by atoms with van der Waals surface area (Å²) in [5.74, 6) is 0.533. The maximum Gasteiger partial charge on any atom is 0.240 e. The lowest BCUT2D eigenvalue weighted by atomic mass is 10.2. The fraction of sp³-hybridized carbons (Fsp3) is 0.889. The van der Waals surface area contributed by atoms with Crippen LogP contribution in [-0.4, -0.2) is 57.1 Å². The molecule has 0 aliphatic heterocycles. The zero-order valence-corrected chi connectivity index (χ0v) is 11.8. The molecule has 0 aromatic rings. The Balaban J connectivity index is 4.62. The van der Waals surface area contributed by atoms with Gasteiger partial charge in [0.1, 0.15) is 6.04 Å². The van der Waals surface area contributed by atoms with E-state index in [-0.39, 0.29) is 11.7 Å². The highest BCUT2D eigenvalue weighted by atomic mass is 32.2. The van der Waals surface area contributed by atoms with Gasteiger partial charge in [-0.3, -0.25) is 4.79 Å². The van der Waals surface area contributed by atoms with Crippen LogP contribution in [0.3, 0.4) is 0 Å². The number of nitrogens with zero attached hydrogens (tertiary/aromatic N) is 1. The van der Waals surface area contributed by atoms with E-state index in [4.69, 9.17) is 0 Å². The third-order valence-corrected chi connectivity index (χ3v) is 4.10. The third-order valence-electron chi connectivity index (χ3n) is 2.05. The number of hydrogen-bond acceptors (Lipinski definition) is 4. The van der Waals surface area contributed by atoms with Crippen LogP contribution in [0.5, 0.6) is 0 Å². The lowest BCUT2D eigenvalue weighted by Crippen LogP contribution is -2.46. The van der Waals surface area contributed by atoms with Gasteiger partial charge in [0.25, 0.3) is 0 Å². The number of nitrogens with one attached hydrogen (secondary N) is 1. The van der Waals surface area contributed by atoms with Crippen molar-refractivity contribution >= 4 is 27.7 Å². The molecule has 0 saturated heterocycles. The molecule has 0 rings (SSSR count). The highest BCUT2D eigenvalue weighted by molar-refractivity contribution is 7.98. The third kappa shape index (κ3) is 5.72. The first kappa shape index (κ1) is 15.7. The van der Waals surface area contributed by atoms with Crippen molar-refractivity contribution in [2.24, 2.45) is 0 Å². The van der Waals surface area contributed by atoms with E-state index in [2.05, 4.69) is 4.72 Å². The highest BCUT2D eigenvalue weighted by Crippen LogP contribution is 2.04. The van der Waals surface area contributed by atoms with Crippen LogP contribution in [0.2, 0.25) is 0 Å². The van der Waals surface area contributed by atoms with E-state index in [1.807, 2.05) is 6.26 Å². The normalized spacial score (nSPS) is 13.5. The molecule has 96 valence electrons. The van der Waals surface area contributed by atoms with Crippen molar-refractivity contribution in [3.8, 4) is 0 Å². The van der Waals surface area contributed by atoms with Crippen LogP contribution in [0, 0.1) is 0 Å². The Hall–Kier alpha value is -0.270. The second-order valence-electron chi connectivity index (χ2n) is 3.59. The van der Waals surface area contributed by atoms with Gasteiger partial charge in [-0.05, 0) is 25.4 Å². The Bertz CT molecular complexity index is 315. The smallest absolute Gasteiger partial charge is 0.240 e. The van der Waals surface area contributed by atoms with Gasteiger partial charge >= 0.3 is 0 Å². The molecule has 0 saturated carbocycles. The molecule has 0 fully saturated rings. The standard InChI is InChI=1S/C9H20N2O3S2/c1-5-16(13,14)10-8(6-7-15-4)9(12)11(2)3/h8,10H,5-7H2,1-4H3. The molecular weight excluding hydrogens is 248 g/mol. The summed E-state index contributed by atoms with van der Waals surface area (Å²) in [5.41, 5.74) is 0. The Morgan fingerprint density at radius 1 is 1.44 bits per heavy atom. The number of sulfonamides is 1. The van der Waals surface area contributed by atoms with Crippen LogP contribution < -0.4 is 4.72 Å². The van der Waals surface area contributed by atoms with Crippen LogP contribution in [0.25, 0.3) is 0 Å². The van der Waals surface area contributed by atoms with Crippen molar-refractivity contribution < 1.29 is 13.2 Å². The van der Waals surface area contributed by atoms with Crippen molar-refractivity contribution in [3.05, 3.63) is 0 Å². The topological polar surface area (TPSA) is 66.5 Å². The summed E-state index contributed by atoms with van der Waals surface area (Å²) < 4.78 is 25.2. The van der Waals surface area contributed by atoms with Gasteiger partial charge in [0.15, 0.2) is 0 Å². The van der Waals surface area contributed by atoms with Crippen molar-refractivity contribution in [2.75, 3.05) is 31.9 Å². The molecule has 0 radical (unpaired) electrons. The molecule has 0 aliphatic rings. The molecule has 0 aliphatic carbocycles. The van der Waals surface area contributed by atoms with Crippen molar-refractivity contribution in [3.63, 3.8) is 0 Å². The zero-order valence-electron chi connectivity index (χ0n) is 10.2. The molecule has 1 unspecified atom stereocenters. The van der Waals surface area contributed by atoms with Gasteiger partial charge in [-0.2, -0.15) is 11.8 Å². The molecule has 5 nitrogen and oxygen atoms in total. The molecular formula is C9H20N2O3S2. The van der Waals surface area contributed by atoms with E-state index < -0.39 is 16.1 Å². The lowest BCUT2D eigenvalue weighted by Gasteiger charge is -2.21. The van der Waals surface area contributed by atoms with E-state index in [1.54, 1.807) is 32.8 Å². The maximum atomic E-state index is 11.7. The summed E-state index contributed by atoms with van der Waals surface area (Å²) in [7, 11) is -0.0950. The van der Waals surface area contributed by atoms with Crippen LogP contribution >= 0.6 is 11.8 Å². The van der Waals surface area contributed by atoms with Gasteiger partial charge in [-0.25, -0.2) is 13.1 Å². The van der Waals surface area contributed by atoms with Gasteiger partial charge in [0.2, 0.25) is 15.9 Å². The van der Waals surface area contributed by atoms with Gasteiger partial charge < -0.3 is 4.90 Å². The predicted molar refractivity (Wildman–Crippen MR) is 68.1 cm³/mol. The average molecular weight is 268 g/mol. The molecule has 7 heteroatoms. The monoisotopic (exact) mass is 268 g/mol. The number of rotatable bonds is 7. The summed E-state index contributed by atoms with van der Waals surface area (Å²) in [6.07, 6.45) is 2.43. The summed E-state index contributed by atoms with van der Waals surface area (Å²) >= 11 is 1.59. The molecule has 1 N–H and O–H groups in total. The molecule has 0 aromatic heterocycles. The highest BCUT2D eigenvalue weighted by Gasteiger charge is 2.24. The maximum absolute atomic E-state index is 11.7. The van der Waals surface area contributed by atoms with Gasteiger partial charge in [0.05, 0.1) is 5.75 Å². The first-order valence-corrected chi connectivity index (χ1v) is 8.08. The SMILES string of the molecule is CCS(=O)(=O)NC(CCSC)C(=O)N(C)C. The zero-order chi connectivity index (χ0) is 12.8. The van der Waals surface area contributed by atoms with E-state index in [0.717, 1.165) is 5.75 Å². The largest absolute Gasteiger partial charge is 0.347 e. The molecule has 16 heavy (non-hydrogen) atoms. The molecule has 1 amide bonds. The van der Waals surface area contributed by atoms with Crippen molar-refractivity contribution in [2.45, 2.75) is 19.4 Å². The number of carbonyl (C=O) groups excluding carboxylic acids is 1. The average Bonchev–Trinajstić information content (AvgIpc) is 2.23. The van der Waals surface area contributed by atoms with E-state index in [0.29, 0.717) is 6.42 Å². The number of thioether (sulfide) groups is 1. The molecule has 0 heterocycles. The molecule has 0 aromatic carbocycles. The number of carbonyl (C=O) groups is 1. The van der Waals surface area contributed by atoms with E-state index >= 15 is 0 Å². The Morgan fingerprint density at radius 2 is 2.00 bits per heavy atom. The van der Waals surface area contributed by atoms with E-state index in [9.17, 15) is 13.2 Å². The fourth-order valence-electron chi connectivity index (χ4n) is 1.08. The summed E-state index contributed by atoms with van der Waals surface area (Å²) in [5, 5.41) is 0. The van der Waals surface area contributed by atoms with Crippen LogP contribution in [0.1, 0.15) is 13.3 Å². The Labute approximate surface area is 102 Å². The second kappa shape index (κ2) is 7.13. The predicted octanol–water partition coefficient (Wildman–Crippen LogP) is 0.136. The summed E-state index contributed by atoms with van der Waals surface area (Å²) in [4.78, 5) is 13.1. The first-order valence-electron chi connectivity index (χ1n) is 5.04. The van der Waals surface area contributed by atoms with Crippen LogP contribution in [-0.2, 0) is 14.8 Å². The van der Waals surface area contributed by atoms with Crippen molar-refractivity contribution in [1.29, 1.82) is 0 Å². The minimum Gasteiger partial charge on any atom is -0.347 e. The van der Waals surface area contributed by atoms with Gasteiger partial charge in [0, 0.05) is 14.1 Å². The van der Waals surface area contributed by atoms with E-state index in [1.165, 1.54) is 4.90 Å². The van der Waals surface area contributed by atoms with Gasteiger partial charge in [-0.15, -0.1) is 0 Å². The van der Waals surface area contributed by atoms with Crippen LogP contribution in [0.4, 0.5) is 0 Å². The lowest BCUT2D eigenvalue weighted by molar-refractivity contribution is -0.130. The number of hydrogen-bond donors (Lipinski definition) is 1. The summed E-state index contributed by atoms with van der Waals surface area (Å²) in [6.45, 7) is 1.55. The minimum atomic E-state index is -3.33. The molecule has 1 atom stereocenters. The Morgan fingerprint density at radius 3 is 2.38 bits per heavy atom. The first-order chi connectivity index (χ1) is 7.34. The molecule has 0 spiro atoms. The number of amides is 1. The number of likely N-dealkylation sites (N-methyl/N-ethyl adjacent to an activating group) is 1. The fourth-order valence-corrected chi connectivity index (χ4v) is 2.37. The van der Waals surface area contributed by atoms with Crippen LogP contribution in [0.15, 0.2) is 0 Å². The Kier molecular flexibility index (Phi) is 7.01. The van der Waals surface area contributed by atoms with Gasteiger partial charge in [-0.1, -0.05) is 0 Å². The van der Waals surface area contributed by atoms with Crippen molar-refractivity contribution in [1.82, 2.24) is 9.62 Å². The quantitative estimate of drug-likeness (QED) is 0.713. The summed E-state index contributed by atoms with van der Waals surface area (Å²) in [6, 6.07) is -0.646.